The minimum Gasteiger partial charge on any atom is -0.381 e. The molecule has 25 heavy (non-hydrogen) atoms. The molecule has 3 nitrogen and oxygen atoms in total. The molecule has 3 rings (SSSR count). The van der Waals surface area contributed by atoms with Crippen LogP contribution in [0, 0.1) is 11.8 Å². The third kappa shape index (κ3) is 4.51. The summed E-state index contributed by atoms with van der Waals surface area (Å²) < 4.78 is 72.7. The fraction of sp³-hybridized carbons (Fsp3) is 0.875. The van der Waals surface area contributed by atoms with E-state index in [2.05, 4.69) is 0 Å². The van der Waals surface area contributed by atoms with Crippen LogP contribution in [0.4, 0.5) is 22.0 Å². The fourth-order valence-corrected chi connectivity index (χ4v) is 4.15. The highest BCUT2D eigenvalue weighted by atomic mass is 35.5. The molecule has 0 spiro atoms. The first kappa shape index (κ1) is 19.0. The molecule has 2 atom stereocenters. The summed E-state index contributed by atoms with van der Waals surface area (Å²) >= 11 is 6.10. The number of hydrogen-bond donors (Lipinski definition) is 0. The van der Waals surface area contributed by atoms with Gasteiger partial charge in [0.25, 0.3) is 0 Å². The second-order valence-corrected chi connectivity index (χ2v) is 7.63. The van der Waals surface area contributed by atoms with Gasteiger partial charge >= 0.3 is 6.18 Å². The van der Waals surface area contributed by atoms with Crippen LogP contribution >= 0.6 is 11.6 Å². The first-order chi connectivity index (χ1) is 11.7. The Morgan fingerprint density at radius 1 is 1.12 bits per heavy atom. The highest BCUT2D eigenvalue weighted by molar-refractivity contribution is 6.29. The monoisotopic (exact) mass is 388 g/mol. The topological polar surface area (TPSA) is 15.7 Å². The highest BCUT2D eigenvalue weighted by Gasteiger charge is 2.51. The summed E-state index contributed by atoms with van der Waals surface area (Å²) in [5.41, 5.74) is 0. The number of hydrogen-bond acceptors (Lipinski definition) is 3. The lowest BCUT2D eigenvalue weighted by Crippen LogP contribution is -2.52. The molecule has 1 saturated heterocycles. The minimum atomic E-state index is -4.48. The molecule has 0 radical (unpaired) electrons. The van der Waals surface area contributed by atoms with Crippen molar-refractivity contribution in [1.82, 2.24) is 9.80 Å². The van der Waals surface area contributed by atoms with Gasteiger partial charge in [0.15, 0.2) is 0 Å². The maximum atomic E-state index is 13.7. The lowest BCUT2D eigenvalue weighted by molar-refractivity contribution is -0.208. The maximum Gasteiger partial charge on any atom is 0.427 e. The van der Waals surface area contributed by atoms with Crippen molar-refractivity contribution in [1.29, 1.82) is 0 Å². The molecule has 2 unspecified atom stereocenters. The average molecular weight is 389 g/mol. The normalized spacial score (nSPS) is 30.9. The van der Waals surface area contributed by atoms with Gasteiger partial charge in [0.05, 0.1) is 6.61 Å². The summed E-state index contributed by atoms with van der Waals surface area (Å²) in [6.07, 6.45) is -4.35. The number of halogens is 6. The highest BCUT2D eigenvalue weighted by Crippen LogP contribution is 2.41. The van der Waals surface area contributed by atoms with Crippen molar-refractivity contribution in [2.45, 2.75) is 50.4 Å². The van der Waals surface area contributed by atoms with Crippen LogP contribution in [0.1, 0.15) is 32.1 Å². The quantitative estimate of drug-likeness (QED) is 0.524. The van der Waals surface area contributed by atoms with Gasteiger partial charge in [-0.05, 0) is 25.2 Å². The molecule has 0 N–H and O–H groups in total. The van der Waals surface area contributed by atoms with Crippen LogP contribution in [-0.2, 0) is 4.74 Å². The van der Waals surface area contributed by atoms with Gasteiger partial charge in [-0.15, -0.1) is 0 Å². The summed E-state index contributed by atoms with van der Waals surface area (Å²) in [7, 11) is 0. The molecule has 0 aromatic rings. The first-order valence-corrected chi connectivity index (χ1v) is 8.95. The predicted molar refractivity (Wildman–Crippen MR) is 83.0 cm³/mol. The molecule has 2 aliphatic heterocycles. The Kier molecular flexibility index (Phi) is 5.40. The summed E-state index contributed by atoms with van der Waals surface area (Å²) in [5.74, 6) is -2.85. The molecular weight excluding hydrogens is 367 g/mol. The Bertz CT molecular complexity index is 497. The van der Waals surface area contributed by atoms with Crippen molar-refractivity contribution in [3.8, 4) is 0 Å². The van der Waals surface area contributed by atoms with E-state index in [1.54, 1.807) is 0 Å². The molecule has 2 fully saturated rings. The van der Waals surface area contributed by atoms with Crippen LogP contribution in [0.25, 0.3) is 0 Å². The first-order valence-electron chi connectivity index (χ1n) is 8.58. The van der Waals surface area contributed by atoms with Crippen LogP contribution in [0.5, 0.6) is 0 Å². The van der Waals surface area contributed by atoms with Crippen LogP contribution in [0.2, 0.25) is 0 Å². The molecule has 0 aromatic carbocycles. The number of nitrogens with zero attached hydrogens (tertiary/aromatic N) is 2. The van der Waals surface area contributed by atoms with Crippen LogP contribution < -0.4 is 0 Å². The van der Waals surface area contributed by atoms with Gasteiger partial charge in [0.2, 0.25) is 12.1 Å². The van der Waals surface area contributed by atoms with Gasteiger partial charge in [-0.3, -0.25) is 0 Å². The number of alkyl halides is 5. The standard InChI is InChI=1S/C16H22ClF5N2O/c17-13-9-23(7-11-1-4-15(18,19)5-2-11)14(16(20,21)22)24(13)8-12-3-6-25-10-12/h9,11-12,14H,1-8,10H2. The van der Waals surface area contributed by atoms with Crippen LogP contribution in [0.15, 0.2) is 11.4 Å². The third-order valence-corrected chi connectivity index (χ3v) is 5.55. The molecule has 0 bridgehead atoms. The van der Waals surface area contributed by atoms with E-state index in [-0.39, 0.29) is 55.8 Å². The Hall–Kier alpha value is -0.760. The molecule has 1 saturated carbocycles. The van der Waals surface area contributed by atoms with Gasteiger partial charge in [0.1, 0.15) is 5.16 Å². The van der Waals surface area contributed by atoms with Gasteiger partial charge in [0, 0.05) is 44.7 Å². The van der Waals surface area contributed by atoms with Crippen molar-refractivity contribution in [3.63, 3.8) is 0 Å². The molecule has 0 aromatic heterocycles. The zero-order valence-electron chi connectivity index (χ0n) is 13.7. The Labute approximate surface area is 148 Å². The summed E-state index contributed by atoms with van der Waals surface area (Å²) in [6.45, 7) is 1.26. The van der Waals surface area contributed by atoms with E-state index in [1.165, 1.54) is 16.0 Å². The Balaban J connectivity index is 1.67. The van der Waals surface area contributed by atoms with Crippen LogP contribution in [0.3, 0.4) is 0 Å². The SMILES string of the molecule is FC1(F)CCC(CN2C=C(Cl)N(CC3CCOC3)C2C(F)(F)F)CC1. The van der Waals surface area contributed by atoms with Crippen molar-refractivity contribution in [3.05, 3.63) is 11.4 Å². The smallest absolute Gasteiger partial charge is 0.381 e. The molecule has 2 heterocycles. The van der Waals surface area contributed by atoms with Gasteiger partial charge in [-0.1, -0.05) is 11.6 Å². The number of ether oxygens (including phenoxy) is 1. The molecule has 1 aliphatic carbocycles. The minimum absolute atomic E-state index is 0.0142. The molecule has 3 aliphatic rings. The van der Waals surface area contributed by atoms with Gasteiger partial charge < -0.3 is 14.5 Å². The van der Waals surface area contributed by atoms with E-state index in [9.17, 15) is 22.0 Å². The summed E-state index contributed by atoms with van der Waals surface area (Å²) in [5, 5.41) is 0.0513. The summed E-state index contributed by atoms with van der Waals surface area (Å²) in [6, 6.07) is 0. The lowest BCUT2D eigenvalue weighted by Gasteiger charge is -2.38. The van der Waals surface area contributed by atoms with E-state index in [1.807, 2.05) is 0 Å². The second kappa shape index (κ2) is 7.10. The number of rotatable bonds is 4. The van der Waals surface area contributed by atoms with Gasteiger partial charge in [-0.25, -0.2) is 8.78 Å². The molecule has 0 amide bonds. The third-order valence-electron chi connectivity index (χ3n) is 5.23. The maximum absolute atomic E-state index is 13.7. The van der Waals surface area contributed by atoms with Crippen molar-refractivity contribution in [2.24, 2.45) is 11.8 Å². The van der Waals surface area contributed by atoms with Crippen molar-refractivity contribution in [2.75, 3.05) is 26.3 Å². The molecule has 9 heteroatoms. The van der Waals surface area contributed by atoms with E-state index >= 15 is 0 Å². The van der Waals surface area contributed by atoms with Crippen LogP contribution in [-0.4, -0.2) is 54.4 Å². The molecule has 144 valence electrons. The van der Waals surface area contributed by atoms with E-state index < -0.39 is 18.3 Å². The van der Waals surface area contributed by atoms with Crippen molar-refractivity contribution >= 4 is 11.6 Å². The van der Waals surface area contributed by atoms with E-state index in [0.29, 0.717) is 19.6 Å². The Morgan fingerprint density at radius 2 is 1.80 bits per heavy atom. The summed E-state index contributed by atoms with van der Waals surface area (Å²) in [4.78, 5) is 2.34. The fourth-order valence-electron chi connectivity index (χ4n) is 3.87. The van der Waals surface area contributed by atoms with Gasteiger partial charge in [-0.2, -0.15) is 13.2 Å². The predicted octanol–water partition coefficient (Wildman–Crippen LogP) is 4.39. The average Bonchev–Trinajstić information content (AvgIpc) is 3.10. The van der Waals surface area contributed by atoms with E-state index in [0.717, 1.165) is 0 Å². The molecular formula is C16H22ClF5N2O. The zero-order chi connectivity index (χ0) is 18.2. The second-order valence-electron chi connectivity index (χ2n) is 7.25. The zero-order valence-corrected chi connectivity index (χ0v) is 14.5. The Morgan fingerprint density at radius 3 is 2.36 bits per heavy atom. The largest absolute Gasteiger partial charge is 0.427 e. The van der Waals surface area contributed by atoms with E-state index in [4.69, 9.17) is 16.3 Å². The van der Waals surface area contributed by atoms with Crippen molar-refractivity contribution < 1.29 is 26.7 Å². The lowest BCUT2D eigenvalue weighted by atomic mass is 9.86.